The average molecular weight is 313 g/mol. The van der Waals surface area contributed by atoms with Crippen LogP contribution in [-0.4, -0.2) is 19.0 Å². The predicted octanol–water partition coefficient (Wildman–Crippen LogP) is 3.39. The van der Waals surface area contributed by atoms with Gasteiger partial charge in [-0.15, -0.1) is 0 Å². The van der Waals surface area contributed by atoms with E-state index in [1.54, 1.807) is 7.11 Å². The van der Waals surface area contributed by atoms with E-state index in [1.165, 1.54) is 12.1 Å². The van der Waals surface area contributed by atoms with Gasteiger partial charge in [0.15, 0.2) is 5.78 Å². The number of benzene rings is 1. The Hall–Kier alpha value is -1.82. The van der Waals surface area contributed by atoms with Crippen LogP contribution in [0.25, 0.3) is 5.57 Å². The standard InChI is InChI=1S/C16H18F3NO2/c1-9(22-2)6-11-8-13(20)14(15(11)21)10-4-3-5-12(7-10)16(17,18)19/h3-5,7,9,11H,6,8,20H2,1-2H3. The van der Waals surface area contributed by atoms with E-state index in [2.05, 4.69) is 0 Å². The van der Waals surface area contributed by atoms with Crippen molar-refractivity contribution in [1.29, 1.82) is 0 Å². The lowest BCUT2D eigenvalue weighted by Crippen LogP contribution is -2.17. The number of carbonyl (C=O) groups excluding carboxylic acids is 1. The third-order valence-electron chi connectivity index (χ3n) is 3.90. The minimum Gasteiger partial charge on any atom is -0.401 e. The molecule has 1 aliphatic rings. The van der Waals surface area contributed by atoms with Gasteiger partial charge in [-0.05, 0) is 37.5 Å². The first kappa shape index (κ1) is 16.5. The smallest absolute Gasteiger partial charge is 0.401 e. The summed E-state index contributed by atoms with van der Waals surface area (Å²) in [7, 11) is 1.55. The summed E-state index contributed by atoms with van der Waals surface area (Å²) < 4.78 is 43.5. The highest BCUT2D eigenvalue weighted by Crippen LogP contribution is 2.37. The molecule has 120 valence electrons. The third kappa shape index (κ3) is 3.32. The first-order valence-electron chi connectivity index (χ1n) is 6.97. The van der Waals surface area contributed by atoms with Gasteiger partial charge in [0, 0.05) is 24.3 Å². The number of hydrogen-bond acceptors (Lipinski definition) is 3. The van der Waals surface area contributed by atoms with E-state index in [-0.39, 0.29) is 28.9 Å². The lowest BCUT2D eigenvalue weighted by atomic mass is 9.94. The first-order chi connectivity index (χ1) is 10.2. The second kappa shape index (κ2) is 6.12. The quantitative estimate of drug-likeness (QED) is 0.927. The molecule has 0 amide bonds. The zero-order valence-corrected chi connectivity index (χ0v) is 12.4. The molecule has 22 heavy (non-hydrogen) atoms. The number of rotatable bonds is 4. The monoisotopic (exact) mass is 313 g/mol. The van der Waals surface area contributed by atoms with E-state index >= 15 is 0 Å². The molecule has 2 rings (SSSR count). The van der Waals surface area contributed by atoms with Crippen molar-refractivity contribution in [1.82, 2.24) is 0 Å². The number of halogens is 3. The summed E-state index contributed by atoms with van der Waals surface area (Å²) in [5.74, 6) is -0.541. The van der Waals surface area contributed by atoms with E-state index in [0.29, 0.717) is 18.5 Å². The number of ether oxygens (including phenoxy) is 1. The van der Waals surface area contributed by atoms with Gasteiger partial charge in [0.1, 0.15) is 0 Å². The Labute approximate surface area is 126 Å². The molecule has 0 heterocycles. The van der Waals surface area contributed by atoms with Crippen LogP contribution >= 0.6 is 0 Å². The van der Waals surface area contributed by atoms with E-state index < -0.39 is 11.7 Å². The van der Waals surface area contributed by atoms with Crippen molar-refractivity contribution in [2.45, 2.75) is 32.0 Å². The van der Waals surface area contributed by atoms with E-state index in [0.717, 1.165) is 12.1 Å². The fourth-order valence-corrected chi connectivity index (χ4v) is 2.69. The SMILES string of the molecule is COC(C)CC1CC(N)=C(c2cccc(C(F)(F)F)c2)C1=O. The summed E-state index contributed by atoms with van der Waals surface area (Å²) in [4.78, 5) is 12.5. The van der Waals surface area contributed by atoms with Crippen molar-refractivity contribution in [3.05, 3.63) is 41.1 Å². The van der Waals surface area contributed by atoms with Crippen LogP contribution < -0.4 is 5.73 Å². The molecule has 0 fully saturated rings. The second-order valence-corrected chi connectivity index (χ2v) is 5.53. The molecule has 0 spiro atoms. The molecule has 6 heteroatoms. The molecule has 0 saturated carbocycles. The summed E-state index contributed by atoms with van der Waals surface area (Å²) in [6, 6.07) is 4.72. The summed E-state index contributed by atoms with van der Waals surface area (Å²) in [5.41, 5.74) is 5.90. The minimum absolute atomic E-state index is 0.109. The normalized spacial score (nSPS) is 20.6. The van der Waals surface area contributed by atoms with E-state index in [1.807, 2.05) is 6.92 Å². The van der Waals surface area contributed by atoms with Gasteiger partial charge in [-0.25, -0.2) is 0 Å². The summed E-state index contributed by atoms with van der Waals surface area (Å²) in [6.07, 6.45) is -3.70. The number of hydrogen-bond donors (Lipinski definition) is 1. The van der Waals surface area contributed by atoms with Crippen LogP contribution in [-0.2, 0) is 15.7 Å². The second-order valence-electron chi connectivity index (χ2n) is 5.53. The molecule has 0 aliphatic heterocycles. The maximum Gasteiger partial charge on any atom is 0.416 e. The maximum absolute atomic E-state index is 12.8. The lowest BCUT2D eigenvalue weighted by Gasteiger charge is -2.14. The Kier molecular flexibility index (Phi) is 4.60. The molecule has 2 atom stereocenters. The van der Waals surface area contributed by atoms with Gasteiger partial charge in [-0.2, -0.15) is 13.2 Å². The first-order valence-corrected chi connectivity index (χ1v) is 6.97. The molecule has 1 aromatic rings. The Morgan fingerprint density at radius 2 is 2.09 bits per heavy atom. The third-order valence-corrected chi connectivity index (χ3v) is 3.90. The van der Waals surface area contributed by atoms with E-state index in [4.69, 9.17) is 10.5 Å². The van der Waals surface area contributed by atoms with Crippen molar-refractivity contribution < 1.29 is 22.7 Å². The Morgan fingerprint density at radius 3 is 2.68 bits per heavy atom. The number of ketones is 1. The Bertz CT molecular complexity index is 608. The fourth-order valence-electron chi connectivity index (χ4n) is 2.69. The summed E-state index contributed by atoms with van der Waals surface area (Å²) in [6.45, 7) is 1.84. The van der Waals surface area contributed by atoms with Crippen LogP contribution in [0.4, 0.5) is 13.2 Å². The molecule has 0 radical (unpaired) electrons. The number of methoxy groups -OCH3 is 1. The van der Waals surface area contributed by atoms with Crippen LogP contribution in [0.2, 0.25) is 0 Å². The van der Waals surface area contributed by atoms with Crippen LogP contribution in [0.15, 0.2) is 30.0 Å². The van der Waals surface area contributed by atoms with Crippen molar-refractivity contribution in [3.63, 3.8) is 0 Å². The van der Waals surface area contributed by atoms with Crippen molar-refractivity contribution in [3.8, 4) is 0 Å². The number of allylic oxidation sites excluding steroid dienone is 2. The molecular weight excluding hydrogens is 295 g/mol. The zero-order chi connectivity index (χ0) is 16.5. The topological polar surface area (TPSA) is 52.3 Å². The highest BCUT2D eigenvalue weighted by atomic mass is 19.4. The fraction of sp³-hybridized carbons (Fsp3) is 0.438. The van der Waals surface area contributed by atoms with E-state index in [9.17, 15) is 18.0 Å². The van der Waals surface area contributed by atoms with Crippen LogP contribution in [0.3, 0.4) is 0 Å². The Balaban J connectivity index is 2.29. The maximum atomic E-state index is 12.8. The highest BCUT2D eigenvalue weighted by molar-refractivity contribution is 6.24. The number of Topliss-reactive ketones (excluding diaryl/α,β-unsaturated/α-hetero) is 1. The Morgan fingerprint density at radius 1 is 1.41 bits per heavy atom. The van der Waals surface area contributed by atoms with Gasteiger partial charge in [0.2, 0.25) is 0 Å². The van der Waals surface area contributed by atoms with Crippen LogP contribution in [0.5, 0.6) is 0 Å². The largest absolute Gasteiger partial charge is 0.416 e. The van der Waals surface area contributed by atoms with Gasteiger partial charge in [-0.1, -0.05) is 12.1 Å². The van der Waals surface area contributed by atoms with Gasteiger partial charge < -0.3 is 10.5 Å². The number of alkyl halides is 3. The van der Waals surface area contributed by atoms with Gasteiger partial charge >= 0.3 is 6.18 Å². The molecular formula is C16H18F3NO2. The summed E-state index contributed by atoms with van der Waals surface area (Å²) in [5, 5.41) is 0. The van der Waals surface area contributed by atoms with Crippen LogP contribution in [0.1, 0.15) is 30.9 Å². The number of nitrogens with two attached hydrogens (primary N) is 1. The molecule has 0 aromatic heterocycles. The molecule has 3 nitrogen and oxygen atoms in total. The molecule has 2 N–H and O–H groups in total. The number of carbonyl (C=O) groups is 1. The van der Waals surface area contributed by atoms with Crippen LogP contribution in [0, 0.1) is 5.92 Å². The molecule has 0 bridgehead atoms. The van der Waals surface area contributed by atoms with Gasteiger partial charge in [0.05, 0.1) is 11.7 Å². The van der Waals surface area contributed by atoms with Crippen molar-refractivity contribution in [2.24, 2.45) is 11.7 Å². The summed E-state index contributed by atoms with van der Waals surface area (Å²) >= 11 is 0. The van der Waals surface area contributed by atoms with Crippen molar-refractivity contribution in [2.75, 3.05) is 7.11 Å². The minimum atomic E-state index is -4.45. The zero-order valence-electron chi connectivity index (χ0n) is 12.4. The highest BCUT2D eigenvalue weighted by Gasteiger charge is 2.35. The van der Waals surface area contributed by atoms with Gasteiger partial charge in [0.25, 0.3) is 0 Å². The molecule has 0 saturated heterocycles. The lowest BCUT2D eigenvalue weighted by molar-refractivity contribution is -0.137. The molecule has 1 aliphatic carbocycles. The van der Waals surface area contributed by atoms with Crippen molar-refractivity contribution >= 4 is 11.4 Å². The predicted molar refractivity (Wildman–Crippen MR) is 76.8 cm³/mol. The van der Waals surface area contributed by atoms with Gasteiger partial charge in [-0.3, -0.25) is 4.79 Å². The average Bonchev–Trinajstić information content (AvgIpc) is 2.72. The molecule has 2 unspecified atom stereocenters. The molecule has 1 aromatic carbocycles.